The Morgan fingerprint density at radius 2 is 1.82 bits per heavy atom. The Balaban J connectivity index is 1.67. The van der Waals surface area contributed by atoms with E-state index in [9.17, 15) is 14.4 Å². The molecule has 1 aromatic carbocycles. The number of H-pyrrole nitrogens is 2. The summed E-state index contributed by atoms with van der Waals surface area (Å²) in [5, 5.41) is 4.63. The van der Waals surface area contributed by atoms with Crippen LogP contribution in [0.3, 0.4) is 0 Å². The van der Waals surface area contributed by atoms with Gasteiger partial charge in [0.05, 0.1) is 0 Å². The molecule has 4 heterocycles. The summed E-state index contributed by atoms with van der Waals surface area (Å²) >= 11 is 0. The van der Waals surface area contributed by atoms with E-state index in [1.54, 1.807) is 17.8 Å². The van der Waals surface area contributed by atoms with Crippen LogP contribution in [0, 0.1) is 13.8 Å². The van der Waals surface area contributed by atoms with Crippen molar-refractivity contribution in [1.82, 2.24) is 24.4 Å². The fourth-order valence-electron chi connectivity index (χ4n) is 5.47. The van der Waals surface area contributed by atoms with Crippen LogP contribution in [0.25, 0.3) is 32.9 Å². The van der Waals surface area contributed by atoms with E-state index >= 15 is 0 Å². The fraction of sp³-hybridized carbons (Fsp3) is 0.300. The first-order valence-corrected chi connectivity index (χ1v) is 13.0. The lowest BCUT2D eigenvalue weighted by molar-refractivity contribution is 0.0952. The lowest BCUT2D eigenvalue weighted by Gasteiger charge is -2.18. The summed E-state index contributed by atoms with van der Waals surface area (Å²) < 4.78 is 3.80. The van der Waals surface area contributed by atoms with Crippen molar-refractivity contribution in [3.63, 3.8) is 0 Å². The van der Waals surface area contributed by atoms with Crippen molar-refractivity contribution in [3.05, 3.63) is 92.0 Å². The van der Waals surface area contributed by atoms with Gasteiger partial charge >= 0.3 is 0 Å². The predicted octanol–water partition coefficient (Wildman–Crippen LogP) is 5.08. The molecule has 0 spiro atoms. The molecule has 8 nitrogen and oxygen atoms in total. The molecule has 1 amide bonds. The highest BCUT2D eigenvalue weighted by Gasteiger charge is 2.20. The third-order valence-electron chi connectivity index (χ3n) is 7.54. The van der Waals surface area contributed by atoms with Crippen LogP contribution in [0.5, 0.6) is 0 Å². The topological polar surface area (TPSA) is 105 Å². The molecule has 0 aliphatic carbocycles. The van der Waals surface area contributed by atoms with Gasteiger partial charge in [0.25, 0.3) is 17.0 Å². The molecule has 0 bridgehead atoms. The van der Waals surface area contributed by atoms with Crippen molar-refractivity contribution < 1.29 is 4.79 Å². The van der Waals surface area contributed by atoms with Crippen LogP contribution in [0.15, 0.2) is 58.5 Å². The van der Waals surface area contributed by atoms with Crippen molar-refractivity contribution in [2.75, 3.05) is 0 Å². The largest absolute Gasteiger partial charge is 0.357 e. The molecule has 0 aliphatic rings. The minimum Gasteiger partial charge on any atom is -0.357 e. The van der Waals surface area contributed by atoms with Crippen LogP contribution in [0.2, 0.25) is 0 Å². The molecular weight excluding hydrogens is 478 g/mol. The average Bonchev–Trinajstić information content (AvgIpc) is 3.54. The summed E-state index contributed by atoms with van der Waals surface area (Å²) in [6.45, 7) is 8.16. The zero-order chi connectivity index (χ0) is 27.1. The van der Waals surface area contributed by atoms with Crippen LogP contribution >= 0.6 is 0 Å². The second-order valence-electron chi connectivity index (χ2n) is 10.0. The molecule has 0 saturated heterocycles. The lowest BCUT2D eigenvalue weighted by atomic mass is 9.98. The van der Waals surface area contributed by atoms with E-state index in [2.05, 4.69) is 39.8 Å². The van der Waals surface area contributed by atoms with Gasteiger partial charge in [0.1, 0.15) is 5.52 Å². The van der Waals surface area contributed by atoms with Gasteiger partial charge in [0, 0.05) is 76.9 Å². The minimum atomic E-state index is -0.256. The van der Waals surface area contributed by atoms with Gasteiger partial charge in [-0.05, 0) is 68.1 Å². The Hall–Kier alpha value is -4.33. The molecule has 0 radical (unpaired) electrons. The van der Waals surface area contributed by atoms with Gasteiger partial charge in [0.2, 0.25) is 0 Å². The maximum atomic E-state index is 13.7. The number of aromatic amines is 2. The Bertz CT molecular complexity index is 1800. The monoisotopic (exact) mass is 511 g/mol. The number of aryl methyl sites for hydroxylation is 3. The summed E-state index contributed by atoms with van der Waals surface area (Å²) in [5.74, 6) is -0.256. The highest BCUT2D eigenvalue weighted by Crippen LogP contribution is 2.34. The van der Waals surface area contributed by atoms with Gasteiger partial charge in [0.15, 0.2) is 0 Å². The summed E-state index contributed by atoms with van der Waals surface area (Å²) in [4.78, 5) is 44.7. The van der Waals surface area contributed by atoms with Gasteiger partial charge in [-0.15, -0.1) is 0 Å². The number of fused-ring (bicyclic) bond motifs is 2. The van der Waals surface area contributed by atoms with Gasteiger partial charge in [-0.2, -0.15) is 0 Å². The maximum absolute atomic E-state index is 13.7. The highest BCUT2D eigenvalue weighted by molar-refractivity contribution is 6.09. The number of hydrogen-bond acceptors (Lipinski definition) is 3. The number of nitrogens with one attached hydrogen (secondary N) is 3. The summed E-state index contributed by atoms with van der Waals surface area (Å²) in [5.41, 5.74) is 5.59. The van der Waals surface area contributed by atoms with Gasteiger partial charge in [-0.25, -0.2) is 0 Å². The number of nitrogens with zero attached hydrogens (tertiary/aromatic N) is 2. The number of pyridine rings is 2. The SMILES string of the molecule is CCC(CC)n1ccc2c(C(=O)NCc3c(C)cc(C)[nH]c3=O)cc(-c3cn(C)c(=O)c4[nH]ccc34)cc21. The van der Waals surface area contributed by atoms with Crippen molar-refractivity contribution >= 4 is 27.7 Å². The number of benzene rings is 1. The second kappa shape index (κ2) is 9.85. The summed E-state index contributed by atoms with van der Waals surface area (Å²) in [6.07, 6.45) is 7.55. The van der Waals surface area contributed by atoms with Crippen molar-refractivity contribution in [2.24, 2.45) is 7.05 Å². The Morgan fingerprint density at radius 3 is 2.53 bits per heavy atom. The maximum Gasteiger partial charge on any atom is 0.274 e. The lowest BCUT2D eigenvalue weighted by Crippen LogP contribution is -2.28. The smallest absolute Gasteiger partial charge is 0.274 e. The number of carbonyl (C=O) groups is 1. The minimum absolute atomic E-state index is 0.105. The van der Waals surface area contributed by atoms with Crippen molar-refractivity contribution in [2.45, 2.75) is 53.1 Å². The normalized spacial score (nSPS) is 11.6. The molecule has 8 heteroatoms. The van der Waals surface area contributed by atoms with E-state index in [-0.39, 0.29) is 23.6 Å². The molecule has 0 fully saturated rings. The molecule has 3 N–H and O–H groups in total. The van der Waals surface area contributed by atoms with E-state index in [4.69, 9.17) is 0 Å². The van der Waals surface area contributed by atoms with Crippen LogP contribution in [-0.4, -0.2) is 25.0 Å². The molecule has 0 atom stereocenters. The molecule has 0 saturated carbocycles. The number of carbonyl (C=O) groups excluding carboxylic acids is 1. The first-order valence-electron chi connectivity index (χ1n) is 13.0. The standard InChI is InChI=1S/C30H33N5O3/c1-6-20(7-2)35-11-9-21-23(28(36)32-15-24-17(3)12-18(4)33-29(24)37)13-19(14-26(21)35)25-16-34(5)30(38)27-22(25)8-10-31-27/h8-14,16,20,31H,6-7,15H2,1-5H3,(H,32,36)(H,33,37). The van der Waals surface area contributed by atoms with Gasteiger partial charge < -0.3 is 24.4 Å². The van der Waals surface area contributed by atoms with Crippen molar-refractivity contribution in [3.8, 4) is 11.1 Å². The summed E-state index contributed by atoms with van der Waals surface area (Å²) in [7, 11) is 1.73. The number of amides is 1. The molecule has 5 aromatic rings. The van der Waals surface area contributed by atoms with Crippen LogP contribution in [-0.2, 0) is 13.6 Å². The first-order chi connectivity index (χ1) is 18.2. The quantitative estimate of drug-likeness (QED) is 0.284. The third-order valence-corrected chi connectivity index (χ3v) is 7.54. The molecular formula is C30H33N5O3. The van der Waals surface area contributed by atoms with Crippen LogP contribution in [0.4, 0.5) is 0 Å². The molecule has 4 aromatic heterocycles. The van der Waals surface area contributed by atoms with Gasteiger partial charge in [-0.1, -0.05) is 13.8 Å². The zero-order valence-electron chi connectivity index (χ0n) is 22.4. The fourth-order valence-corrected chi connectivity index (χ4v) is 5.47. The molecule has 0 aliphatic heterocycles. The first kappa shape index (κ1) is 25.3. The van der Waals surface area contributed by atoms with E-state index in [0.29, 0.717) is 22.7 Å². The number of aromatic nitrogens is 4. The van der Waals surface area contributed by atoms with E-state index in [1.165, 1.54) is 0 Å². The zero-order valence-corrected chi connectivity index (χ0v) is 22.4. The van der Waals surface area contributed by atoms with Crippen LogP contribution < -0.4 is 16.4 Å². The Kier molecular flexibility index (Phi) is 6.57. The number of hydrogen-bond donors (Lipinski definition) is 3. The Labute approximate surface area is 220 Å². The predicted molar refractivity (Wildman–Crippen MR) is 152 cm³/mol. The number of rotatable bonds is 7. The Morgan fingerprint density at radius 1 is 1.05 bits per heavy atom. The molecule has 196 valence electrons. The van der Waals surface area contributed by atoms with E-state index in [1.807, 2.05) is 50.5 Å². The highest BCUT2D eigenvalue weighted by atomic mass is 16.2. The third kappa shape index (κ3) is 4.26. The molecule has 0 unspecified atom stereocenters. The van der Waals surface area contributed by atoms with Crippen LogP contribution in [0.1, 0.15) is 59.9 Å². The van der Waals surface area contributed by atoms with E-state index < -0.39 is 0 Å². The second-order valence-corrected chi connectivity index (χ2v) is 10.0. The summed E-state index contributed by atoms with van der Waals surface area (Å²) in [6, 6.07) is 10.1. The van der Waals surface area contributed by atoms with Gasteiger partial charge in [-0.3, -0.25) is 14.4 Å². The molecule has 38 heavy (non-hydrogen) atoms. The molecule has 5 rings (SSSR count). The van der Waals surface area contributed by atoms with E-state index in [0.717, 1.165) is 51.5 Å². The average molecular weight is 512 g/mol. The van der Waals surface area contributed by atoms with Crippen molar-refractivity contribution in [1.29, 1.82) is 0 Å².